The summed E-state index contributed by atoms with van der Waals surface area (Å²) >= 11 is 0. The van der Waals surface area contributed by atoms with Gasteiger partial charge in [0.1, 0.15) is 5.82 Å². The summed E-state index contributed by atoms with van der Waals surface area (Å²) in [6.45, 7) is 7.85. The van der Waals surface area contributed by atoms with Gasteiger partial charge in [0, 0.05) is 26.2 Å². The molecule has 1 aromatic rings. The van der Waals surface area contributed by atoms with Gasteiger partial charge in [0.25, 0.3) is 0 Å². The van der Waals surface area contributed by atoms with Gasteiger partial charge in [-0.15, -0.1) is 0 Å². The van der Waals surface area contributed by atoms with Gasteiger partial charge in [-0.1, -0.05) is 6.07 Å². The Bertz CT molecular complexity index is 384. The van der Waals surface area contributed by atoms with Crippen molar-refractivity contribution in [1.29, 1.82) is 0 Å². The van der Waals surface area contributed by atoms with Crippen LogP contribution >= 0.6 is 0 Å². The number of nitrogens with zero attached hydrogens (tertiary/aromatic N) is 2. The molecule has 100 valence electrons. The number of hydrogen-bond acceptors (Lipinski definition) is 2. The van der Waals surface area contributed by atoms with Crippen molar-refractivity contribution in [2.24, 2.45) is 0 Å². The molecule has 0 bridgehead atoms. The molecule has 18 heavy (non-hydrogen) atoms. The molecule has 0 N–H and O–H groups in total. The van der Waals surface area contributed by atoms with Gasteiger partial charge < -0.3 is 9.80 Å². The van der Waals surface area contributed by atoms with E-state index in [9.17, 15) is 4.39 Å². The number of hydrogen-bond donors (Lipinski definition) is 0. The van der Waals surface area contributed by atoms with Gasteiger partial charge in [-0.2, -0.15) is 0 Å². The highest BCUT2D eigenvalue weighted by atomic mass is 19.1. The molecule has 1 heterocycles. The summed E-state index contributed by atoms with van der Waals surface area (Å²) in [5, 5.41) is 0. The van der Waals surface area contributed by atoms with Crippen molar-refractivity contribution in [3.05, 3.63) is 35.1 Å². The van der Waals surface area contributed by atoms with E-state index in [1.54, 1.807) is 12.1 Å². The van der Waals surface area contributed by atoms with Crippen molar-refractivity contribution in [3.8, 4) is 0 Å². The molecule has 0 unspecified atom stereocenters. The van der Waals surface area contributed by atoms with Crippen LogP contribution in [-0.2, 0) is 6.42 Å². The molecular formula is C15H23FN2. The number of rotatable bonds is 4. The number of likely N-dealkylation sites (N-methyl/N-ethyl adjacent to an activating group) is 1. The van der Waals surface area contributed by atoms with Crippen molar-refractivity contribution in [2.45, 2.75) is 19.8 Å². The zero-order chi connectivity index (χ0) is 13.0. The van der Waals surface area contributed by atoms with E-state index in [0.29, 0.717) is 0 Å². The number of piperazine rings is 1. The lowest BCUT2D eigenvalue weighted by Gasteiger charge is -2.32. The lowest BCUT2D eigenvalue weighted by molar-refractivity contribution is 0.153. The minimum atomic E-state index is -0.116. The van der Waals surface area contributed by atoms with Crippen molar-refractivity contribution in [3.63, 3.8) is 0 Å². The summed E-state index contributed by atoms with van der Waals surface area (Å²) < 4.78 is 13.2. The SMILES string of the molecule is Cc1ccc(F)cc1CCCN1CCN(C)CC1. The molecule has 0 spiro atoms. The van der Waals surface area contributed by atoms with E-state index in [1.165, 1.54) is 31.7 Å². The van der Waals surface area contributed by atoms with Crippen LogP contribution in [0.5, 0.6) is 0 Å². The Morgan fingerprint density at radius 3 is 2.61 bits per heavy atom. The zero-order valence-electron chi connectivity index (χ0n) is 11.5. The van der Waals surface area contributed by atoms with Gasteiger partial charge >= 0.3 is 0 Å². The Kier molecular flexibility index (Phi) is 4.72. The third kappa shape index (κ3) is 3.79. The highest BCUT2D eigenvalue weighted by molar-refractivity contribution is 5.26. The van der Waals surface area contributed by atoms with Crippen LogP contribution in [0, 0.1) is 12.7 Å². The van der Waals surface area contributed by atoms with Crippen LogP contribution in [0.2, 0.25) is 0 Å². The van der Waals surface area contributed by atoms with E-state index in [1.807, 2.05) is 6.07 Å². The summed E-state index contributed by atoms with van der Waals surface area (Å²) in [4.78, 5) is 4.88. The van der Waals surface area contributed by atoms with E-state index in [2.05, 4.69) is 23.8 Å². The fraction of sp³-hybridized carbons (Fsp3) is 0.600. The lowest BCUT2D eigenvalue weighted by Crippen LogP contribution is -2.44. The second-order valence-corrected chi connectivity index (χ2v) is 5.32. The molecule has 0 aliphatic carbocycles. The summed E-state index contributed by atoms with van der Waals surface area (Å²) in [6.07, 6.45) is 2.10. The van der Waals surface area contributed by atoms with Crippen molar-refractivity contribution >= 4 is 0 Å². The second kappa shape index (κ2) is 6.30. The topological polar surface area (TPSA) is 6.48 Å². The van der Waals surface area contributed by atoms with Gasteiger partial charge in [0.15, 0.2) is 0 Å². The lowest BCUT2D eigenvalue weighted by atomic mass is 10.0. The Balaban J connectivity index is 1.76. The van der Waals surface area contributed by atoms with Crippen LogP contribution in [0.4, 0.5) is 4.39 Å². The second-order valence-electron chi connectivity index (χ2n) is 5.32. The van der Waals surface area contributed by atoms with Gasteiger partial charge in [-0.25, -0.2) is 4.39 Å². The Morgan fingerprint density at radius 1 is 1.17 bits per heavy atom. The maximum absolute atomic E-state index is 13.2. The smallest absolute Gasteiger partial charge is 0.123 e. The molecule has 0 radical (unpaired) electrons. The molecule has 2 rings (SSSR count). The van der Waals surface area contributed by atoms with Gasteiger partial charge in [0.2, 0.25) is 0 Å². The Morgan fingerprint density at radius 2 is 1.89 bits per heavy atom. The van der Waals surface area contributed by atoms with Crippen LogP contribution in [0.3, 0.4) is 0 Å². The molecule has 3 heteroatoms. The molecule has 1 aromatic carbocycles. The average Bonchev–Trinajstić information content (AvgIpc) is 2.36. The van der Waals surface area contributed by atoms with E-state index in [4.69, 9.17) is 0 Å². The highest BCUT2D eigenvalue weighted by Gasteiger charge is 2.13. The normalized spacial score (nSPS) is 18.2. The number of aryl methyl sites for hydroxylation is 2. The molecule has 1 aliphatic heterocycles. The molecule has 1 fully saturated rings. The van der Waals surface area contributed by atoms with Crippen molar-refractivity contribution < 1.29 is 4.39 Å². The van der Waals surface area contributed by atoms with Crippen molar-refractivity contribution in [2.75, 3.05) is 39.8 Å². The first-order chi connectivity index (χ1) is 8.65. The molecular weight excluding hydrogens is 227 g/mol. The minimum Gasteiger partial charge on any atom is -0.304 e. The largest absolute Gasteiger partial charge is 0.304 e. The molecule has 0 amide bonds. The third-order valence-corrected chi connectivity index (χ3v) is 3.83. The van der Waals surface area contributed by atoms with E-state index < -0.39 is 0 Å². The minimum absolute atomic E-state index is 0.116. The zero-order valence-corrected chi connectivity index (χ0v) is 11.5. The van der Waals surface area contributed by atoms with Gasteiger partial charge in [-0.3, -0.25) is 0 Å². The Labute approximate surface area is 109 Å². The van der Waals surface area contributed by atoms with Crippen LogP contribution in [0.25, 0.3) is 0 Å². The van der Waals surface area contributed by atoms with Gasteiger partial charge in [0.05, 0.1) is 0 Å². The van der Waals surface area contributed by atoms with E-state index in [-0.39, 0.29) is 5.82 Å². The maximum atomic E-state index is 13.2. The van der Waals surface area contributed by atoms with Crippen LogP contribution in [0.15, 0.2) is 18.2 Å². The standard InChI is InChI=1S/C15H23FN2/c1-13-5-6-15(16)12-14(13)4-3-7-18-10-8-17(2)9-11-18/h5-6,12H,3-4,7-11H2,1-2H3. The average molecular weight is 250 g/mol. The van der Waals surface area contributed by atoms with Crippen LogP contribution < -0.4 is 0 Å². The number of benzene rings is 1. The summed E-state index contributed by atoms with van der Waals surface area (Å²) in [7, 11) is 2.17. The predicted molar refractivity (Wildman–Crippen MR) is 73.4 cm³/mol. The first-order valence-electron chi connectivity index (χ1n) is 6.81. The van der Waals surface area contributed by atoms with Crippen LogP contribution in [0.1, 0.15) is 17.5 Å². The molecule has 0 atom stereocenters. The predicted octanol–water partition coefficient (Wildman–Crippen LogP) is 2.31. The molecule has 0 saturated carbocycles. The third-order valence-electron chi connectivity index (χ3n) is 3.83. The maximum Gasteiger partial charge on any atom is 0.123 e. The monoisotopic (exact) mass is 250 g/mol. The summed E-state index contributed by atoms with van der Waals surface area (Å²) in [5.74, 6) is -0.116. The van der Waals surface area contributed by atoms with Crippen LogP contribution in [-0.4, -0.2) is 49.6 Å². The first kappa shape index (κ1) is 13.5. The van der Waals surface area contributed by atoms with E-state index >= 15 is 0 Å². The molecule has 2 nitrogen and oxygen atoms in total. The van der Waals surface area contributed by atoms with Crippen molar-refractivity contribution in [1.82, 2.24) is 9.80 Å². The van der Waals surface area contributed by atoms with Gasteiger partial charge in [-0.05, 0) is 56.6 Å². The summed E-state index contributed by atoms with van der Waals surface area (Å²) in [5.41, 5.74) is 2.36. The molecule has 0 aromatic heterocycles. The molecule has 1 aliphatic rings. The first-order valence-corrected chi connectivity index (χ1v) is 6.81. The number of halogens is 1. The quantitative estimate of drug-likeness (QED) is 0.809. The highest BCUT2D eigenvalue weighted by Crippen LogP contribution is 2.13. The van der Waals surface area contributed by atoms with E-state index in [0.717, 1.165) is 24.9 Å². The fourth-order valence-electron chi connectivity index (χ4n) is 2.47. The summed E-state index contributed by atoms with van der Waals surface area (Å²) in [6, 6.07) is 5.10. The molecule has 1 saturated heterocycles. The Hall–Kier alpha value is -0.930. The fourth-order valence-corrected chi connectivity index (χ4v) is 2.47.